The summed E-state index contributed by atoms with van der Waals surface area (Å²) in [4.78, 5) is 9.24. The number of carboxylic acids is 1. The molecule has 0 radical (unpaired) electrons. The fourth-order valence-electron chi connectivity index (χ4n) is 0. The van der Waals surface area contributed by atoms with Crippen LogP contribution in [0.2, 0.25) is 0 Å². The third-order valence-corrected chi connectivity index (χ3v) is 0.175. The van der Waals surface area contributed by atoms with Gasteiger partial charge in [-0.3, -0.25) is 4.79 Å². The van der Waals surface area contributed by atoms with E-state index in [2.05, 4.69) is 5.73 Å². The van der Waals surface area contributed by atoms with Crippen LogP contribution in [0.15, 0.2) is 0 Å². The number of rotatable bonds is 1. The maximum absolute atomic E-state index is 9.24. The molecule has 0 aromatic heterocycles. The average Bonchev–Trinajstić information content (AvgIpc) is 1.38. The van der Waals surface area contributed by atoms with Crippen LogP contribution in [0.1, 0.15) is 0 Å². The van der Waals surface area contributed by atoms with E-state index in [1.807, 2.05) is 0 Å². The zero-order chi connectivity index (χ0) is 4.28. The van der Waals surface area contributed by atoms with Gasteiger partial charge in [0.05, 0.1) is 6.54 Å². The summed E-state index contributed by atoms with van der Waals surface area (Å²) in [6.45, 7) is -0.278. The third-order valence-electron chi connectivity index (χ3n) is 0.175. The van der Waals surface area contributed by atoms with Crippen LogP contribution in [-0.4, -0.2) is 71.8 Å². The molecule has 0 aromatic rings. The van der Waals surface area contributed by atoms with E-state index in [0.29, 0.717) is 0 Å². The summed E-state index contributed by atoms with van der Waals surface area (Å²) < 4.78 is 0. The molecule has 0 aliphatic rings. The Kier molecular flexibility index (Phi) is 224. The van der Waals surface area contributed by atoms with Crippen LogP contribution < -0.4 is 30.5 Å². The van der Waals surface area contributed by atoms with Gasteiger partial charge in [-0.25, -0.2) is 0 Å². The van der Waals surface area contributed by atoms with Gasteiger partial charge in [0.25, 0.3) is 0 Å². The van der Waals surface area contributed by atoms with Gasteiger partial charge in [-0.2, -0.15) is 0 Å². The first-order valence-electron chi connectivity index (χ1n) is 1.19. The maximum Gasteiger partial charge on any atom is 2.00 e. The number of hydrogen-bond acceptors (Lipinski definition) is 2. The van der Waals surface area contributed by atoms with E-state index >= 15 is 0 Å². The summed E-state index contributed by atoms with van der Waals surface area (Å²) >= 11 is 0. The van der Waals surface area contributed by atoms with E-state index in [0.717, 1.165) is 0 Å². The molecule has 0 rings (SSSR count). The third kappa shape index (κ3) is 94.1. The van der Waals surface area contributed by atoms with Gasteiger partial charge in [-0.15, -0.1) is 0 Å². The molecule has 0 saturated carbocycles. The SMILES string of the molecule is NCC(=O)O.O.O.O.[Ca+2].[Cl-].[Cl-]. The Morgan fingerprint density at radius 2 is 1.27 bits per heavy atom. The molecule has 0 spiro atoms. The van der Waals surface area contributed by atoms with Crippen molar-refractivity contribution in [2.75, 3.05) is 6.54 Å². The van der Waals surface area contributed by atoms with Crippen LogP contribution in [0.3, 0.4) is 0 Å². The number of carbonyl (C=O) groups is 1. The fourth-order valence-corrected chi connectivity index (χ4v) is 0. The van der Waals surface area contributed by atoms with Crippen LogP contribution in [-0.2, 0) is 4.79 Å². The van der Waals surface area contributed by atoms with E-state index < -0.39 is 5.97 Å². The molecule has 0 fully saturated rings. The van der Waals surface area contributed by atoms with E-state index in [1.165, 1.54) is 0 Å². The molecule has 11 heavy (non-hydrogen) atoms. The minimum atomic E-state index is -0.968. The van der Waals surface area contributed by atoms with Gasteiger partial charge in [0.2, 0.25) is 0 Å². The summed E-state index contributed by atoms with van der Waals surface area (Å²) in [7, 11) is 0. The van der Waals surface area contributed by atoms with Crippen LogP contribution >= 0.6 is 0 Å². The second-order valence-corrected chi connectivity index (χ2v) is 0.598. The normalized spacial score (nSPS) is 3.36. The van der Waals surface area contributed by atoms with Gasteiger partial charge in [-0.1, -0.05) is 0 Å². The molecule has 0 heterocycles. The first-order valence-corrected chi connectivity index (χ1v) is 1.19. The van der Waals surface area contributed by atoms with Gasteiger partial charge in [0.15, 0.2) is 0 Å². The number of aliphatic carboxylic acids is 1. The molecule has 6 nitrogen and oxygen atoms in total. The minimum absolute atomic E-state index is 0. The zero-order valence-electron chi connectivity index (χ0n) is 5.60. The second-order valence-electron chi connectivity index (χ2n) is 0.598. The molecule has 0 unspecified atom stereocenters. The van der Waals surface area contributed by atoms with Crippen molar-refractivity contribution in [1.29, 1.82) is 0 Å². The average molecular weight is 240 g/mol. The topological polar surface area (TPSA) is 158 Å². The van der Waals surface area contributed by atoms with Crippen LogP contribution in [0.5, 0.6) is 0 Å². The molecule has 9 N–H and O–H groups in total. The summed E-state index contributed by atoms with van der Waals surface area (Å²) in [5.74, 6) is -0.968. The predicted molar refractivity (Wildman–Crippen MR) is 33.3 cm³/mol. The van der Waals surface area contributed by atoms with E-state index in [4.69, 9.17) is 5.11 Å². The Labute approximate surface area is 106 Å². The van der Waals surface area contributed by atoms with E-state index in [-0.39, 0.29) is 85.5 Å². The van der Waals surface area contributed by atoms with Gasteiger partial charge in [0.1, 0.15) is 0 Å². The summed E-state index contributed by atoms with van der Waals surface area (Å²) in [5.41, 5.74) is 4.57. The predicted octanol–water partition coefficient (Wildman–Crippen LogP) is -9.82. The van der Waals surface area contributed by atoms with Crippen LogP contribution in [0, 0.1) is 0 Å². The number of halogens is 2. The Balaban J connectivity index is -0.00000000533. The molecule has 0 amide bonds. The van der Waals surface area contributed by atoms with Gasteiger partial charge in [0, 0.05) is 0 Å². The van der Waals surface area contributed by atoms with Crippen LogP contribution in [0.4, 0.5) is 0 Å². The van der Waals surface area contributed by atoms with Crippen LogP contribution in [0.25, 0.3) is 0 Å². The first kappa shape index (κ1) is 57.0. The quantitative estimate of drug-likeness (QED) is 0.436. The number of nitrogens with two attached hydrogens (primary N) is 1. The van der Waals surface area contributed by atoms with Crippen molar-refractivity contribution in [2.24, 2.45) is 5.73 Å². The fraction of sp³-hybridized carbons (Fsp3) is 0.500. The summed E-state index contributed by atoms with van der Waals surface area (Å²) in [6.07, 6.45) is 0. The Morgan fingerprint density at radius 1 is 1.18 bits per heavy atom. The van der Waals surface area contributed by atoms with Crippen molar-refractivity contribution in [2.45, 2.75) is 0 Å². The molecule has 0 aliphatic heterocycles. The van der Waals surface area contributed by atoms with Crippen molar-refractivity contribution in [1.82, 2.24) is 0 Å². The van der Waals surface area contributed by atoms with Crippen molar-refractivity contribution in [3.05, 3.63) is 0 Å². The smallest absolute Gasteiger partial charge is 1.00 e. The van der Waals surface area contributed by atoms with E-state index in [9.17, 15) is 4.79 Å². The standard InChI is InChI=1S/C2H5NO2.Ca.2ClH.3H2O/c3-1-2(4)5;;;;;;/h1,3H2,(H,4,5);;2*1H;3*1H2/q;+2;;;;;/p-2. The molecule has 0 aliphatic carbocycles. The largest absolute Gasteiger partial charge is 2.00 e. The molecule has 0 bridgehead atoms. The minimum Gasteiger partial charge on any atom is -1.00 e. The Hall–Kier alpha value is 1.15. The van der Waals surface area contributed by atoms with Crippen molar-refractivity contribution < 1.29 is 51.1 Å². The van der Waals surface area contributed by atoms with Crippen molar-refractivity contribution >= 4 is 43.7 Å². The Morgan fingerprint density at radius 3 is 1.27 bits per heavy atom. The molecule has 0 atom stereocenters. The van der Waals surface area contributed by atoms with Gasteiger partial charge >= 0.3 is 43.7 Å². The van der Waals surface area contributed by atoms with Crippen molar-refractivity contribution in [3.8, 4) is 0 Å². The molecular formula is C2H11CaCl2NO5. The van der Waals surface area contributed by atoms with Gasteiger partial charge in [-0.05, 0) is 0 Å². The second kappa shape index (κ2) is 43.3. The summed E-state index contributed by atoms with van der Waals surface area (Å²) in [6, 6.07) is 0. The molecule has 70 valence electrons. The molecule has 0 saturated heterocycles. The van der Waals surface area contributed by atoms with E-state index in [1.54, 1.807) is 0 Å². The Bertz CT molecular complexity index is 57.7. The van der Waals surface area contributed by atoms with Crippen molar-refractivity contribution in [3.63, 3.8) is 0 Å². The summed E-state index contributed by atoms with van der Waals surface area (Å²) in [5, 5.41) is 7.60. The monoisotopic (exact) mass is 239 g/mol. The molecule has 0 aromatic carbocycles. The zero-order valence-corrected chi connectivity index (χ0v) is 9.32. The molecular weight excluding hydrogens is 229 g/mol. The number of carboxylic acid groups (broad SMARTS) is 1. The number of hydrogen-bond donors (Lipinski definition) is 2. The maximum atomic E-state index is 9.24. The molecule has 9 heteroatoms. The van der Waals surface area contributed by atoms with Gasteiger partial charge < -0.3 is 52.1 Å². The first-order chi connectivity index (χ1) is 2.27.